The van der Waals surface area contributed by atoms with Crippen molar-refractivity contribution in [3.05, 3.63) is 39.6 Å². The van der Waals surface area contributed by atoms with E-state index in [4.69, 9.17) is 0 Å². The average Bonchev–Trinajstić information content (AvgIpc) is 2.94. The zero-order chi connectivity index (χ0) is 18.0. The number of hydrogen-bond donors (Lipinski definition) is 1. The van der Waals surface area contributed by atoms with Crippen LogP contribution in [0.15, 0.2) is 17.1 Å². The number of piperazine rings is 1. The molecule has 2 aromatic rings. The maximum Gasteiger partial charge on any atom is 0.268 e. The second-order valence-corrected chi connectivity index (χ2v) is 6.46. The summed E-state index contributed by atoms with van der Waals surface area (Å²) in [6.45, 7) is 6.75. The Morgan fingerprint density at radius 1 is 1.24 bits per heavy atom. The highest BCUT2D eigenvalue weighted by atomic mass is 16.2. The highest BCUT2D eigenvalue weighted by molar-refractivity contribution is 5.76. The largest absolute Gasteiger partial charge is 0.367 e. The second kappa shape index (κ2) is 7.08. The van der Waals surface area contributed by atoms with Crippen LogP contribution in [0.25, 0.3) is 0 Å². The van der Waals surface area contributed by atoms with Gasteiger partial charge in [-0.25, -0.2) is 4.68 Å². The molecule has 0 unspecified atom stereocenters. The molecule has 1 aliphatic rings. The summed E-state index contributed by atoms with van der Waals surface area (Å²) in [5, 5.41) is 11.3. The molecule has 3 rings (SSSR count). The van der Waals surface area contributed by atoms with Crippen molar-refractivity contribution >= 4 is 11.6 Å². The smallest absolute Gasteiger partial charge is 0.268 e. The van der Waals surface area contributed by atoms with Gasteiger partial charge in [0.25, 0.3) is 5.56 Å². The van der Waals surface area contributed by atoms with Crippen LogP contribution in [0, 0.1) is 13.8 Å². The Kier molecular flexibility index (Phi) is 4.87. The van der Waals surface area contributed by atoms with Gasteiger partial charge in [0, 0.05) is 57.8 Å². The van der Waals surface area contributed by atoms with Crippen molar-refractivity contribution in [2.75, 3.05) is 31.1 Å². The SMILES string of the molecule is Cc1[nH]nc(CCC(=O)N2CCN(c3cnn(C)c(=O)c3)CC2)c1C. The van der Waals surface area contributed by atoms with E-state index in [1.54, 1.807) is 19.3 Å². The molecule has 1 N–H and O–H groups in total. The number of carbonyl (C=O) groups excluding carboxylic acids is 1. The third kappa shape index (κ3) is 3.72. The second-order valence-electron chi connectivity index (χ2n) is 6.46. The fraction of sp³-hybridized carbons (Fsp3) is 0.529. The molecule has 134 valence electrons. The molecule has 1 amide bonds. The molecule has 0 atom stereocenters. The van der Waals surface area contributed by atoms with Crippen LogP contribution >= 0.6 is 0 Å². The van der Waals surface area contributed by atoms with Gasteiger partial charge in [0.15, 0.2) is 0 Å². The summed E-state index contributed by atoms with van der Waals surface area (Å²) in [5.41, 5.74) is 3.85. The van der Waals surface area contributed by atoms with Crippen LogP contribution in [-0.2, 0) is 18.3 Å². The fourth-order valence-corrected chi connectivity index (χ4v) is 3.01. The number of H-pyrrole nitrogens is 1. The normalized spacial score (nSPS) is 14.8. The van der Waals surface area contributed by atoms with E-state index in [9.17, 15) is 9.59 Å². The quantitative estimate of drug-likeness (QED) is 0.868. The Morgan fingerprint density at radius 2 is 1.96 bits per heavy atom. The van der Waals surface area contributed by atoms with Gasteiger partial charge in [-0.2, -0.15) is 10.2 Å². The highest BCUT2D eigenvalue weighted by Crippen LogP contribution is 2.15. The van der Waals surface area contributed by atoms with Crippen LogP contribution in [-0.4, -0.2) is 57.0 Å². The zero-order valence-corrected chi connectivity index (χ0v) is 14.9. The summed E-state index contributed by atoms with van der Waals surface area (Å²) < 4.78 is 1.31. The topological polar surface area (TPSA) is 87.1 Å². The zero-order valence-electron chi connectivity index (χ0n) is 14.9. The molecule has 2 aromatic heterocycles. The third-order valence-electron chi connectivity index (χ3n) is 4.88. The van der Waals surface area contributed by atoms with Gasteiger partial charge in [-0.3, -0.25) is 14.7 Å². The molecule has 0 aliphatic carbocycles. The molecule has 1 saturated heterocycles. The number of amides is 1. The summed E-state index contributed by atoms with van der Waals surface area (Å²) in [4.78, 5) is 28.1. The van der Waals surface area contributed by atoms with Crippen molar-refractivity contribution in [2.24, 2.45) is 7.05 Å². The van der Waals surface area contributed by atoms with E-state index in [2.05, 4.69) is 20.2 Å². The Balaban J connectivity index is 1.53. The minimum absolute atomic E-state index is 0.124. The van der Waals surface area contributed by atoms with Gasteiger partial charge in [-0.05, 0) is 19.4 Å². The van der Waals surface area contributed by atoms with Crippen molar-refractivity contribution < 1.29 is 4.79 Å². The van der Waals surface area contributed by atoms with Gasteiger partial charge in [0.2, 0.25) is 5.91 Å². The molecular weight excluding hydrogens is 320 g/mol. The van der Waals surface area contributed by atoms with Crippen molar-refractivity contribution in [3.8, 4) is 0 Å². The standard InChI is InChI=1S/C17H24N6O2/c1-12-13(2)19-20-15(12)4-5-16(24)23-8-6-22(7-9-23)14-10-17(25)21(3)18-11-14/h10-11H,4-9H2,1-3H3,(H,19,20). The van der Waals surface area contributed by atoms with E-state index in [1.165, 1.54) is 4.68 Å². The first kappa shape index (κ1) is 17.2. The average molecular weight is 344 g/mol. The monoisotopic (exact) mass is 344 g/mol. The molecule has 8 nitrogen and oxygen atoms in total. The number of nitrogens with zero attached hydrogens (tertiary/aromatic N) is 5. The van der Waals surface area contributed by atoms with Gasteiger partial charge in [-0.1, -0.05) is 0 Å². The molecule has 0 bridgehead atoms. The number of aromatic nitrogens is 4. The number of nitrogens with one attached hydrogen (secondary N) is 1. The van der Waals surface area contributed by atoms with Gasteiger partial charge in [0.1, 0.15) is 0 Å². The Hall–Kier alpha value is -2.64. The molecule has 1 aliphatic heterocycles. The maximum absolute atomic E-state index is 12.4. The van der Waals surface area contributed by atoms with Crippen LogP contribution in [0.3, 0.4) is 0 Å². The van der Waals surface area contributed by atoms with E-state index in [-0.39, 0.29) is 11.5 Å². The fourth-order valence-electron chi connectivity index (χ4n) is 3.01. The molecule has 3 heterocycles. The number of rotatable bonds is 4. The molecule has 0 saturated carbocycles. The number of hydrogen-bond acceptors (Lipinski definition) is 5. The summed E-state index contributed by atoms with van der Waals surface area (Å²) in [5.74, 6) is 0.154. The number of carbonyl (C=O) groups is 1. The Bertz CT molecular complexity index is 817. The first-order valence-electron chi connectivity index (χ1n) is 8.52. The summed E-state index contributed by atoms with van der Waals surface area (Å²) in [6.07, 6.45) is 2.83. The number of anilines is 1. The van der Waals surface area contributed by atoms with E-state index in [0.29, 0.717) is 39.0 Å². The van der Waals surface area contributed by atoms with Crippen LogP contribution in [0.5, 0.6) is 0 Å². The van der Waals surface area contributed by atoms with Gasteiger partial charge in [0.05, 0.1) is 17.6 Å². The third-order valence-corrected chi connectivity index (χ3v) is 4.88. The van der Waals surface area contributed by atoms with Crippen LogP contribution < -0.4 is 10.5 Å². The minimum atomic E-state index is -0.124. The molecular formula is C17H24N6O2. The first-order chi connectivity index (χ1) is 12.0. The van der Waals surface area contributed by atoms with Gasteiger partial charge >= 0.3 is 0 Å². The lowest BCUT2D eigenvalue weighted by Gasteiger charge is -2.35. The van der Waals surface area contributed by atoms with Crippen molar-refractivity contribution in [1.29, 1.82) is 0 Å². The van der Waals surface area contributed by atoms with E-state index >= 15 is 0 Å². The molecule has 25 heavy (non-hydrogen) atoms. The summed E-state index contributed by atoms with van der Waals surface area (Å²) in [6, 6.07) is 1.59. The first-order valence-corrected chi connectivity index (χ1v) is 8.52. The number of aromatic amines is 1. The Morgan fingerprint density at radius 3 is 2.56 bits per heavy atom. The molecule has 0 radical (unpaired) electrons. The highest BCUT2D eigenvalue weighted by Gasteiger charge is 2.22. The molecule has 1 fully saturated rings. The summed E-state index contributed by atoms with van der Waals surface area (Å²) >= 11 is 0. The molecule has 0 aromatic carbocycles. The molecule has 8 heteroatoms. The maximum atomic E-state index is 12.4. The van der Waals surface area contributed by atoms with Crippen molar-refractivity contribution in [3.63, 3.8) is 0 Å². The van der Waals surface area contributed by atoms with Gasteiger partial charge in [-0.15, -0.1) is 0 Å². The van der Waals surface area contributed by atoms with E-state index in [0.717, 1.165) is 22.6 Å². The van der Waals surface area contributed by atoms with E-state index in [1.807, 2.05) is 18.7 Å². The van der Waals surface area contributed by atoms with Crippen molar-refractivity contribution in [2.45, 2.75) is 26.7 Å². The van der Waals surface area contributed by atoms with Gasteiger partial charge < -0.3 is 9.80 Å². The van der Waals surface area contributed by atoms with Crippen LogP contribution in [0.1, 0.15) is 23.4 Å². The van der Waals surface area contributed by atoms with Crippen molar-refractivity contribution in [1.82, 2.24) is 24.9 Å². The van der Waals surface area contributed by atoms with E-state index < -0.39 is 0 Å². The van der Waals surface area contributed by atoms with Crippen LogP contribution in [0.2, 0.25) is 0 Å². The summed E-state index contributed by atoms with van der Waals surface area (Å²) in [7, 11) is 1.63. The Labute approximate surface area is 146 Å². The predicted molar refractivity (Wildman–Crippen MR) is 94.7 cm³/mol. The lowest BCUT2D eigenvalue weighted by Crippen LogP contribution is -2.49. The predicted octanol–water partition coefficient (Wildman–Crippen LogP) is 0.402. The lowest BCUT2D eigenvalue weighted by molar-refractivity contribution is -0.131. The number of aryl methyl sites for hydroxylation is 3. The minimum Gasteiger partial charge on any atom is -0.367 e. The molecule has 0 spiro atoms. The van der Waals surface area contributed by atoms with Crippen LogP contribution in [0.4, 0.5) is 5.69 Å². The lowest BCUT2D eigenvalue weighted by atomic mass is 10.1.